The van der Waals surface area contributed by atoms with Gasteiger partial charge in [-0.05, 0) is 50.4 Å². The van der Waals surface area contributed by atoms with Crippen LogP contribution in [0.5, 0.6) is 0 Å². The van der Waals surface area contributed by atoms with Crippen LogP contribution in [-0.2, 0) is 14.3 Å². The number of carbonyl (C=O) groups is 2. The molecule has 1 saturated heterocycles. The van der Waals surface area contributed by atoms with Gasteiger partial charge in [0.15, 0.2) is 5.60 Å². The second kappa shape index (κ2) is 8.42. The Morgan fingerprint density at radius 3 is 2.56 bits per heavy atom. The van der Waals surface area contributed by atoms with Crippen molar-refractivity contribution in [3.05, 3.63) is 47.3 Å². The van der Waals surface area contributed by atoms with E-state index in [1.807, 2.05) is 32.9 Å². The number of Topliss-reactive ketones (excluding diaryl/α,β-unsaturated/α-hetero) is 1. The highest BCUT2D eigenvalue weighted by Crippen LogP contribution is 2.60. The molecule has 10 atom stereocenters. The topological polar surface area (TPSA) is 104 Å². The molecule has 1 spiro atoms. The maximum atomic E-state index is 14.3. The molecule has 2 bridgehead atoms. The SMILES string of the molecule is CC[C@@H]1C[C@]23OC(=O)C(=C(O)[C@@]4(C)[C@@H]5C[C@H](O)[C@H](C)[C@H](O)[C@H]5C=C[C@H]4CC=CC[C@]2(C)C=C1C)C3=O. The molecule has 6 nitrogen and oxygen atoms in total. The molecule has 3 N–H and O–H groups in total. The lowest BCUT2D eigenvalue weighted by Crippen LogP contribution is -2.55. The van der Waals surface area contributed by atoms with Crippen molar-refractivity contribution < 1.29 is 29.6 Å². The van der Waals surface area contributed by atoms with Gasteiger partial charge in [0.25, 0.3) is 0 Å². The minimum absolute atomic E-state index is 0.112. The summed E-state index contributed by atoms with van der Waals surface area (Å²) in [6, 6.07) is 0. The monoisotopic (exact) mass is 496 g/mol. The van der Waals surface area contributed by atoms with Crippen LogP contribution >= 0.6 is 0 Å². The first kappa shape index (κ1) is 25.5. The van der Waals surface area contributed by atoms with E-state index in [-0.39, 0.29) is 40.9 Å². The van der Waals surface area contributed by atoms with Crippen molar-refractivity contribution in [2.24, 2.45) is 40.4 Å². The summed E-state index contributed by atoms with van der Waals surface area (Å²) in [5.41, 5.74) is -2.15. The first-order valence-corrected chi connectivity index (χ1v) is 13.5. The van der Waals surface area contributed by atoms with Gasteiger partial charge in [0.1, 0.15) is 11.3 Å². The van der Waals surface area contributed by atoms with Crippen LogP contribution in [0.1, 0.15) is 66.7 Å². The Kier molecular flexibility index (Phi) is 5.96. The highest BCUT2D eigenvalue weighted by Gasteiger charge is 2.66. The molecule has 6 heteroatoms. The van der Waals surface area contributed by atoms with E-state index in [4.69, 9.17) is 4.74 Å². The van der Waals surface area contributed by atoms with Crippen LogP contribution in [0.3, 0.4) is 0 Å². The Morgan fingerprint density at radius 2 is 1.86 bits per heavy atom. The average Bonchev–Trinajstić information content (AvgIpc) is 3.08. The summed E-state index contributed by atoms with van der Waals surface area (Å²) in [7, 11) is 0. The van der Waals surface area contributed by atoms with Crippen LogP contribution in [0.15, 0.2) is 47.3 Å². The first-order valence-electron chi connectivity index (χ1n) is 13.5. The van der Waals surface area contributed by atoms with Gasteiger partial charge in [0.05, 0.1) is 12.2 Å². The normalized spacial score (nSPS) is 48.4. The fourth-order valence-corrected chi connectivity index (χ4v) is 8.03. The second-order valence-electron chi connectivity index (χ2n) is 12.4. The third-order valence-corrected chi connectivity index (χ3v) is 10.7. The quantitative estimate of drug-likeness (QED) is 0.279. The van der Waals surface area contributed by atoms with E-state index in [0.29, 0.717) is 25.7 Å². The van der Waals surface area contributed by atoms with E-state index in [1.54, 1.807) is 0 Å². The fourth-order valence-electron chi connectivity index (χ4n) is 8.03. The number of esters is 1. The molecular formula is C30H40O6. The predicted molar refractivity (Wildman–Crippen MR) is 136 cm³/mol. The molecule has 0 unspecified atom stereocenters. The van der Waals surface area contributed by atoms with Crippen molar-refractivity contribution in [2.75, 3.05) is 0 Å². The van der Waals surface area contributed by atoms with Crippen LogP contribution < -0.4 is 0 Å². The van der Waals surface area contributed by atoms with Crippen LogP contribution in [0.2, 0.25) is 0 Å². The summed E-state index contributed by atoms with van der Waals surface area (Å²) in [5, 5.41) is 33.8. The van der Waals surface area contributed by atoms with Crippen molar-refractivity contribution in [3.63, 3.8) is 0 Å². The summed E-state index contributed by atoms with van der Waals surface area (Å²) in [6.07, 6.45) is 11.5. The van der Waals surface area contributed by atoms with E-state index < -0.39 is 40.4 Å². The van der Waals surface area contributed by atoms with Crippen molar-refractivity contribution >= 4 is 11.8 Å². The Labute approximate surface area is 213 Å². The molecule has 1 aliphatic heterocycles. The van der Waals surface area contributed by atoms with Gasteiger partial charge in [-0.1, -0.05) is 63.6 Å². The van der Waals surface area contributed by atoms with Gasteiger partial charge in [0.2, 0.25) is 5.78 Å². The summed E-state index contributed by atoms with van der Waals surface area (Å²) >= 11 is 0. The molecule has 0 aromatic heterocycles. The molecule has 36 heavy (non-hydrogen) atoms. The highest BCUT2D eigenvalue weighted by molar-refractivity contribution is 6.26. The van der Waals surface area contributed by atoms with Crippen molar-refractivity contribution in [2.45, 2.75) is 84.5 Å². The number of aliphatic hydroxyl groups is 3. The molecule has 0 radical (unpaired) electrons. The molecular weight excluding hydrogens is 456 g/mol. The Morgan fingerprint density at radius 1 is 1.14 bits per heavy atom. The third-order valence-electron chi connectivity index (χ3n) is 10.7. The third kappa shape index (κ3) is 3.22. The average molecular weight is 497 g/mol. The Hall–Kier alpha value is -2.18. The number of allylic oxidation sites excluding steroid dienone is 5. The molecule has 4 aliphatic carbocycles. The maximum Gasteiger partial charge on any atom is 0.346 e. The number of hydrogen-bond acceptors (Lipinski definition) is 6. The molecule has 2 fully saturated rings. The molecule has 0 aromatic carbocycles. The minimum Gasteiger partial charge on any atom is -0.511 e. The van der Waals surface area contributed by atoms with Crippen molar-refractivity contribution in [3.8, 4) is 0 Å². The standard InChI is InChI=1S/C30H40O6/c1-6-18-15-30-26(34)23(27(35)36-30)25(33)29(5)19(9-7-8-12-28(30,4)14-16(18)2)10-11-20-21(29)13-22(31)17(3)24(20)32/h7-8,10-11,14,17-22,24,31-33H,6,9,12-13,15H2,1-5H3/t17-,18+,19+,20-,21+,22-,24-,28+,29+,30+/m0/s1. The lowest BCUT2D eigenvalue weighted by atomic mass is 9.52. The molecule has 196 valence electrons. The number of ether oxygens (including phenoxy) is 1. The van der Waals surface area contributed by atoms with Gasteiger partial charge in [-0.2, -0.15) is 0 Å². The van der Waals surface area contributed by atoms with Crippen LogP contribution in [-0.4, -0.2) is 44.9 Å². The van der Waals surface area contributed by atoms with Gasteiger partial charge in [-0.3, -0.25) is 4.79 Å². The molecule has 1 heterocycles. The maximum absolute atomic E-state index is 14.3. The van der Waals surface area contributed by atoms with Gasteiger partial charge in [-0.15, -0.1) is 0 Å². The fraction of sp³-hybridized carbons (Fsp3) is 0.667. The van der Waals surface area contributed by atoms with Gasteiger partial charge >= 0.3 is 5.97 Å². The van der Waals surface area contributed by atoms with Crippen molar-refractivity contribution in [1.82, 2.24) is 0 Å². The zero-order valence-electron chi connectivity index (χ0n) is 22.0. The summed E-state index contributed by atoms with van der Waals surface area (Å²) in [5.74, 6) is -2.46. The van der Waals surface area contributed by atoms with Gasteiger partial charge < -0.3 is 20.1 Å². The Balaban J connectivity index is 1.72. The zero-order chi connectivity index (χ0) is 26.2. The largest absolute Gasteiger partial charge is 0.511 e. The van der Waals surface area contributed by atoms with Crippen LogP contribution in [0, 0.1) is 40.4 Å². The molecule has 5 rings (SSSR count). The zero-order valence-corrected chi connectivity index (χ0v) is 22.0. The molecule has 5 aliphatic rings. The van der Waals surface area contributed by atoms with Crippen LogP contribution in [0.4, 0.5) is 0 Å². The summed E-state index contributed by atoms with van der Waals surface area (Å²) in [4.78, 5) is 27.8. The van der Waals surface area contributed by atoms with E-state index in [1.165, 1.54) is 5.57 Å². The van der Waals surface area contributed by atoms with E-state index in [9.17, 15) is 24.9 Å². The van der Waals surface area contributed by atoms with E-state index in [2.05, 4.69) is 32.1 Å². The van der Waals surface area contributed by atoms with Gasteiger partial charge in [0, 0.05) is 29.1 Å². The summed E-state index contributed by atoms with van der Waals surface area (Å²) < 4.78 is 6.07. The first-order chi connectivity index (χ1) is 16.9. The number of ketones is 1. The molecule has 1 saturated carbocycles. The van der Waals surface area contributed by atoms with Gasteiger partial charge in [-0.25, -0.2) is 4.79 Å². The molecule has 0 amide bonds. The Bertz CT molecular complexity index is 1100. The highest BCUT2D eigenvalue weighted by atomic mass is 16.6. The minimum atomic E-state index is -1.36. The number of rotatable bonds is 1. The van der Waals surface area contributed by atoms with E-state index in [0.717, 1.165) is 6.42 Å². The lowest BCUT2D eigenvalue weighted by molar-refractivity contribution is -0.165. The predicted octanol–water partition coefficient (Wildman–Crippen LogP) is 4.58. The summed E-state index contributed by atoms with van der Waals surface area (Å²) in [6.45, 7) is 9.85. The number of fused-ring (bicyclic) bond motifs is 4. The van der Waals surface area contributed by atoms with E-state index >= 15 is 0 Å². The number of carbonyl (C=O) groups excluding carboxylic acids is 2. The number of hydrogen-bond donors (Lipinski definition) is 3. The molecule has 0 aromatic rings. The smallest absolute Gasteiger partial charge is 0.346 e. The van der Waals surface area contributed by atoms with Crippen molar-refractivity contribution in [1.29, 1.82) is 0 Å². The van der Waals surface area contributed by atoms with Crippen LogP contribution in [0.25, 0.3) is 0 Å². The lowest BCUT2D eigenvalue weighted by Gasteiger charge is -2.53. The second-order valence-corrected chi connectivity index (χ2v) is 12.4. The number of aliphatic hydroxyl groups excluding tert-OH is 3.